The van der Waals surface area contributed by atoms with E-state index in [9.17, 15) is 4.79 Å². The zero-order valence-electron chi connectivity index (χ0n) is 11.4. The Morgan fingerprint density at radius 2 is 1.95 bits per heavy atom. The molecule has 2 nitrogen and oxygen atoms in total. The summed E-state index contributed by atoms with van der Waals surface area (Å²) in [7, 11) is 0. The normalized spacial score (nSPS) is 10.3. The van der Waals surface area contributed by atoms with Gasteiger partial charge in [0, 0.05) is 16.5 Å². The molecule has 0 spiro atoms. The molecule has 104 valence electrons. The van der Waals surface area contributed by atoms with Gasteiger partial charge in [0.1, 0.15) is 5.75 Å². The second-order valence-electron chi connectivity index (χ2n) is 4.61. The summed E-state index contributed by atoms with van der Waals surface area (Å²) in [5, 5.41) is 0. The highest BCUT2D eigenvalue weighted by molar-refractivity contribution is 9.10. The quantitative estimate of drug-likeness (QED) is 0.719. The van der Waals surface area contributed by atoms with E-state index >= 15 is 0 Å². The van der Waals surface area contributed by atoms with Gasteiger partial charge in [-0.15, -0.1) is 0 Å². The van der Waals surface area contributed by atoms with Crippen molar-refractivity contribution in [2.45, 2.75) is 19.8 Å². The van der Waals surface area contributed by atoms with E-state index in [1.54, 1.807) is 0 Å². The van der Waals surface area contributed by atoms with Crippen LogP contribution in [0.4, 0.5) is 0 Å². The average Bonchev–Trinajstić information content (AvgIpc) is 2.45. The predicted octanol–water partition coefficient (Wildman–Crippen LogP) is 4.66. The fourth-order valence-corrected chi connectivity index (χ4v) is 2.36. The Hall–Kier alpha value is -1.61. The zero-order valence-corrected chi connectivity index (χ0v) is 13.0. The third-order valence-corrected chi connectivity index (χ3v) is 3.38. The number of benzene rings is 2. The highest BCUT2D eigenvalue weighted by Crippen LogP contribution is 2.17. The second-order valence-corrected chi connectivity index (χ2v) is 5.52. The van der Waals surface area contributed by atoms with Gasteiger partial charge in [0.2, 0.25) is 0 Å². The molecule has 0 radical (unpaired) electrons. The lowest BCUT2D eigenvalue weighted by Gasteiger charge is -2.07. The van der Waals surface area contributed by atoms with E-state index in [-0.39, 0.29) is 5.78 Å². The standard InChI is InChI=1S/C17H17BrO2/c1-2-9-20-16-8-4-6-14(12-16)17(19)11-13-5-3-7-15(18)10-13/h3-8,10,12H,2,9,11H2,1H3. The van der Waals surface area contributed by atoms with Crippen LogP contribution in [0.2, 0.25) is 0 Å². The van der Waals surface area contributed by atoms with Gasteiger partial charge in [-0.3, -0.25) is 4.79 Å². The molecule has 0 unspecified atom stereocenters. The molecule has 0 saturated carbocycles. The number of hydrogen-bond donors (Lipinski definition) is 0. The van der Waals surface area contributed by atoms with Crippen molar-refractivity contribution in [2.24, 2.45) is 0 Å². The summed E-state index contributed by atoms with van der Waals surface area (Å²) in [5.41, 5.74) is 1.70. The third-order valence-electron chi connectivity index (χ3n) is 2.88. The second kappa shape index (κ2) is 7.25. The maximum absolute atomic E-state index is 12.3. The Bertz CT molecular complexity index is 593. The van der Waals surface area contributed by atoms with Crippen molar-refractivity contribution in [1.29, 1.82) is 0 Å². The van der Waals surface area contributed by atoms with Crippen LogP contribution in [-0.4, -0.2) is 12.4 Å². The lowest BCUT2D eigenvalue weighted by molar-refractivity contribution is 0.0992. The fraction of sp³-hybridized carbons (Fsp3) is 0.235. The van der Waals surface area contributed by atoms with E-state index in [1.165, 1.54) is 0 Å². The first-order valence-corrected chi connectivity index (χ1v) is 7.49. The van der Waals surface area contributed by atoms with Crippen LogP contribution in [0, 0.1) is 0 Å². The Balaban J connectivity index is 2.09. The van der Waals surface area contributed by atoms with Crippen molar-refractivity contribution in [2.75, 3.05) is 6.61 Å². The van der Waals surface area contributed by atoms with Crippen LogP contribution in [0.5, 0.6) is 5.75 Å². The van der Waals surface area contributed by atoms with Crippen molar-refractivity contribution in [3.05, 3.63) is 64.1 Å². The maximum atomic E-state index is 12.3. The minimum absolute atomic E-state index is 0.102. The summed E-state index contributed by atoms with van der Waals surface area (Å²) < 4.78 is 6.54. The summed E-state index contributed by atoms with van der Waals surface area (Å²) in [6.07, 6.45) is 1.35. The van der Waals surface area contributed by atoms with Gasteiger partial charge >= 0.3 is 0 Å². The number of ether oxygens (including phenoxy) is 1. The van der Waals surface area contributed by atoms with Gasteiger partial charge in [-0.1, -0.05) is 47.1 Å². The summed E-state index contributed by atoms with van der Waals surface area (Å²) in [4.78, 5) is 12.3. The third kappa shape index (κ3) is 4.20. The van der Waals surface area contributed by atoms with Crippen molar-refractivity contribution in [3.8, 4) is 5.75 Å². The summed E-state index contributed by atoms with van der Waals surface area (Å²) >= 11 is 3.42. The number of carbonyl (C=O) groups excluding carboxylic acids is 1. The Morgan fingerprint density at radius 3 is 2.70 bits per heavy atom. The van der Waals surface area contributed by atoms with Gasteiger partial charge in [-0.2, -0.15) is 0 Å². The molecule has 0 amide bonds. The Kier molecular flexibility index (Phi) is 5.36. The number of hydrogen-bond acceptors (Lipinski definition) is 2. The molecule has 0 saturated heterocycles. The SMILES string of the molecule is CCCOc1cccc(C(=O)Cc2cccc(Br)c2)c1. The van der Waals surface area contributed by atoms with Gasteiger partial charge in [0.15, 0.2) is 5.78 Å². The van der Waals surface area contributed by atoms with Gasteiger partial charge in [-0.25, -0.2) is 0 Å². The monoisotopic (exact) mass is 332 g/mol. The zero-order chi connectivity index (χ0) is 14.4. The van der Waals surface area contributed by atoms with Crippen molar-refractivity contribution in [3.63, 3.8) is 0 Å². The predicted molar refractivity (Wildman–Crippen MR) is 84.4 cm³/mol. The van der Waals surface area contributed by atoms with Crippen LogP contribution in [0.25, 0.3) is 0 Å². The number of ketones is 1. The molecule has 0 atom stereocenters. The van der Waals surface area contributed by atoms with Crippen molar-refractivity contribution < 1.29 is 9.53 Å². The van der Waals surface area contributed by atoms with Crippen LogP contribution < -0.4 is 4.74 Å². The topological polar surface area (TPSA) is 26.3 Å². The molecule has 2 aromatic carbocycles. The molecule has 2 aromatic rings. The van der Waals surface area contributed by atoms with Crippen LogP contribution in [0.3, 0.4) is 0 Å². The first-order chi connectivity index (χ1) is 9.69. The molecule has 2 rings (SSSR count). The molecule has 0 aliphatic carbocycles. The number of halogens is 1. The fourth-order valence-electron chi connectivity index (χ4n) is 1.91. The Labute approximate surface area is 127 Å². The molecule has 0 heterocycles. The maximum Gasteiger partial charge on any atom is 0.167 e. The summed E-state index contributed by atoms with van der Waals surface area (Å²) in [6, 6.07) is 15.2. The lowest BCUT2D eigenvalue weighted by Crippen LogP contribution is -2.04. The van der Waals surface area contributed by atoms with Crippen LogP contribution in [0.15, 0.2) is 53.0 Å². The molecule has 3 heteroatoms. The Morgan fingerprint density at radius 1 is 1.15 bits per heavy atom. The van der Waals surface area contributed by atoms with Gasteiger partial charge in [0.05, 0.1) is 6.61 Å². The van der Waals surface area contributed by atoms with E-state index in [0.29, 0.717) is 18.6 Å². The van der Waals surface area contributed by atoms with E-state index in [0.717, 1.165) is 22.2 Å². The van der Waals surface area contributed by atoms with Crippen LogP contribution >= 0.6 is 15.9 Å². The van der Waals surface area contributed by atoms with E-state index in [1.807, 2.05) is 48.5 Å². The molecule has 0 N–H and O–H groups in total. The number of rotatable bonds is 6. The number of Topliss-reactive ketones (excluding diaryl/α,β-unsaturated/α-hetero) is 1. The van der Waals surface area contributed by atoms with Crippen LogP contribution in [-0.2, 0) is 6.42 Å². The first kappa shape index (κ1) is 14.8. The highest BCUT2D eigenvalue weighted by Gasteiger charge is 2.08. The summed E-state index contributed by atoms with van der Waals surface area (Å²) in [6.45, 7) is 2.73. The van der Waals surface area contributed by atoms with Gasteiger partial charge in [0.25, 0.3) is 0 Å². The van der Waals surface area contributed by atoms with Gasteiger partial charge < -0.3 is 4.74 Å². The lowest BCUT2D eigenvalue weighted by atomic mass is 10.0. The van der Waals surface area contributed by atoms with E-state index < -0.39 is 0 Å². The van der Waals surface area contributed by atoms with E-state index in [4.69, 9.17) is 4.74 Å². The van der Waals surface area contributed by atoms with Gasteiger partial charge in [-0.05, 0) is 36.2 Å². The molecule has 0 fully saturated rings. The molecule has 0 aliphatic heterocycles. The first-order valence-electron chi connectivity index (χ1n) is 6.69. The molecule has 0 bridgehead atoms. The molecular formula is C17H17BrO2. The molecular weight excluding hydrogens is 316 g/mol. The minimum Gasteiger partial charge on any atom is -0.494 e. The highest BCUT2D eigenvalue weighted by atomic mass is 79.9. The van der Waals surface area contributed by atoms with Crippen molar-refractivity contribution in [1.82, 2.24) is 0 Å². The molecule has 20 heavy (non-hydrogen) atoms. The average molecular weight is 333 g/mol. The molecule has 0 aromatic heterocycles. The van der Waals surface area contributed by atoms with E-state index in [2.05, 4.69) is 22.9 Å². The van der Waals surface area contributed by atoms with Crippen LogP contribution in [0.1, 0.15) is 29.3 Å². The summed E-state index contributed by atoms with van der Waals surface area (Å²) in [5.74, 6) is 0.858. The van der Waals surface area contributed by atoms with Crippen molar-refractivity contribution >= 4 is 21.7 Å². The minimum atomic E-state index is 0.102. The largest absolute Gasteiger partial charge is 0.494 e. The smallest absolute Gasteiger partial charge is 0.167 e. The number of carbonyl (C=O) groups is 1. The molecule has 0 aliphatic rings.